The molecule has 0 unspecified atom stereocenters. The van der Waals surface area contributed by atoms with Gasteiger partial charge in [0.05, 0.1) is 12.8 Å². The molecule has 13 heavy (non-hydrogen) atoms. The second kappa shape index (κ2) is 5.08. The van der Waals surface area contributed by atoms with E-state index < -0.39 is 5.97 Å². The molecule has 1 rings (SSSR count). The summed E-state index contributed by atoms with van der Waals surface area (Å²) in [5.74, 6) is -0.0938. The third-order valence-corrected chi connectivity index (χ3v) is 1.18. The van der Waals surface area contributed by atoms with Crippen molar-refractivity contribution in [2.75, 3.05) is 13.2 Å². The number of hydrogen-bond donors (Lipinski definition) is 0. The van der Waals surface area contributed by atoms with E-state index in [1.807, 2.05) is 0 Å². The Kier molecular flexibility index (Phi) is 3.69. The molecule has 0 N–H and O–H groups in total. The van der Waals surface area contributed by atoms with Crippen LogP contribution < -0.4 is 4.74 Å². The smallest absolute Gasteiger partial charge is 0.344 e. The molecular weight excluding hydrogens is 172 g/mol. The van der Waals surface area contributed by atoms with Crippen molar-refractivity contribution in [3.63, 3.8) is 0 Å². The zero-order chi connectivity index (χ0) is 9.52. The fourth-order valence-electron chi connectivity index (χ4n) is 0.695. The third kappa shape index (κ3) is 3.50. The van der Waals surface area contributed by atoms with E-state index in [-0.39, 0.29) is 6.61 Å². The van der Waals surface area contributed by atoms with Gasteiger partial charge in [-0.05, 0) is 6.92 Å². The first-order valence-electron chi connectivity index (χ1n) is 3.87. The van der Waals surface area contributed by atoms with Crippen molar-refractivity contribution < 1.29 is 14.3 Å². The fraction of sp³-hybridized carbons (Fsp3) is 0.375. The highest BCUT2D eigenvalue weighted by molar-refractivity contribution is 5.70. The molecule has 0 saturated carbocycles. The van der Waals surface area contributed by atoms with Crippen LogP contribution in [0.4, 0.5) is 0 Å². The van der Waals surface area contributed by atoms with Crippen molar-refractivity contribution in [1.82, 2.24) is 9.97 Å². The van der Waals surface area contributed by atoms with E-state index >= 15 is 0 Å². The summed E-state index contributed by atoms with van der Waals surface area (Å²) in [6.45, 7) is 1.95. The molecule has 0 saturated heterocycles. The van der Waals surface area contributed by atoms with Crippen LogP contribution in [0.3, 0.4) is 0 Å². The van der Waals surface area contributed by atoms with E-state index in [0.29, 0.717) is 12.5 Å². The van der Waals surface area contributed by atoms with Crippen LogP contribution in [0.1, 0.15) is 6.92 Å². The summed E-state index contributed by atoms with van der Waals surface area (Å²) in [7, 11) is 0. The minimum atomic E-state index is -0.409. The first kappa shape index (κ1) is 9.44. The lowest BCUT2D eigenvalue weighted by Crippen LogP contribution is -2.15. The zero-order valence-corrected chi connectivity index (χ0v) is 7.27. The zero-order valence-electron chi connectivity index (χ0n) is 7.27. The lowest BCUT2D eigenvalue weighted by atomic mass is 10.7. The molecule has 0 radical (unpaired) electrons. The van der Waals surface area contributed by atoms with E-state index in [0.717, 1.165) is 0 Å². The van der Waals surface area contributed by atoms with Crippen LogP contribution in [0.2, 0.25) is 0 Å². The Labute approximate surface area is 75.7 Å². The van der Waals surface area contributed by atoms with Crippen LogP contribution in [0, 0.1) is 0 Å². The number of rotatable bonds is 4. The molecule has 1 aromatic heterocycles. The Balaban J connectivity index is 2.31. The Bertz CT molecular complexity index is 263. The van der Waals surface area contributed by atoms with Crippen molar-refractivity contribution >= 4 is 5.97 Å². The Morgan fingerprint density at radius 1 is 1.54 bits per heavy atom. The van der Waals surface area contributed by atoms with Gasteiger partial charge in [0.25, 0.3) is 0 Å². The van der Waals surface area contributed by atoms with Crippen molar-refractivity contribution in [1.29, 1.82) is 0 Å². The van der Waals surface area contributed by atoms with Gasteiger partial charge >= 0.3 is 5.97 Å². The van der Waals surface area contributed by atoms with Gasteiger partial charge in [-0.2, -0.15) is 0 Å². The summed E-state index contributed by atoms with van der Waals surface area (Å²) in [6, 6.07) is 0. The predicted octanol–water partition coefficient (Wildman–Crippen LogP) is 0.418. The standard InChI is InChI=1S/C8H10N2O3/c1-2-12-8(11)6-13-7-5-9-3-4-10-7/h3-5H,2,6H2,1H3. The lowest BCUT2D eigenvalue weighted by molar-refractivity contribution is -0.145. The Morgan fingerprint density at radius 2 is 2.38 bits per heavy atom. The summed E-state index contributed by atoms with van der Waals surface area (Å²) < 4.78 is 9.62. The fourth-order valence-corrected chi connectivity index (χ4v) is 0.695. The molecule has 0 aliphatic heterocycles. The number of aromatic nitrogens is 2. The van der Waals surface area contributed by atoms with Crippen LogP contribution in [0.15, 0.2) is 18.6 Å². The summed E-state index contributed by atoms with van der Waals surface area (Å²) in [5.41, 5.74) is 0. The van der Waals surface area contributed by atoms with Crippen molar-refractivity contribution in [2.24, 2.45) is 0 Å². The van der Waals surface area contributed by atoms with Crippen LogP contribution in [0.5, 0.6) is 5.88 Å². The van der Waals surface area contributed by atoms with E-state index in [1.54, 1.807) is 6.92 Å². The number of carbonyl (C=O) groups is 1. The van der Waals surface area contributed by atoms with Crippen LogP contribution in [-0.2, 0) is 9.53 Å². The number of ether oxygens (including phenoxy) is 2. The van der Waals surface area contributed by atoms with Gasteiger partial charge in [0, 0.05) is 12.4 Å². The average molecular weight is 182 g/mol. The number of nitrogens with zero attached hydrogens (tertiary/aromatic N) is 2. The molecule has 0 fully saturated rings. The molecule has 0 spiro atoms. The quantitative estimate of drug-likeness (QED) is 0.631. The lowest BCUT2D eigenvalue weighted by Gasteiger charge is -2.03. The molecule has 70 valence electrons. The highest BCUT2D eigenvalue weighted by Gasteiger charge is 2.02. The first-order valence-corrected chi connectivity index (χ1v) is 3.87. The molecule has 0 atom stereocenters. The molecule has 5 heteroatoms. The van der Waals surface area contributed by atoms with Crippen LogP contribution in [0.25, 0.3) is 0 Å². The minimum absolute atomic E-state index is 0.132. The van der Waals surface area contributed by atoms with Crippen molar-refractivity contribution in [2.45, 2.75) is 6.92 Å². The van der Waals surface area contributed by atoms with Gasteiger partial charge in [-0.3, -0.25) is 4.98 Å². The maximum absolute atomic E-state index is 10.8. The van der Waals surface area contributed by atoms with E-state index in [2.05, 4.69) is 14.7 Å². The van der Waals surface area contributed by atoms with E-state index in [9.17, 15) is 4.79 Å². The average Bonchev–Trinajstić information content (AvgIpc) is 2.17. The molecule has 0 aliphatic carbocycles. The van der Waals surface area contributed by atoms with Gasteiger partial charge < -0.3 is 9.47 Å². The Hall–Kier alpha value is -1.65. The molecular formula is C8H10N2O3. The molecule has 1 heterocycles. The summed E-state index contributed by atoms with van der Waals surface area (Å²) in [4.78, 5) is 18.4. The van der Waals surface area contributed by atoms with Gasteiger partial charge in [-0.1, -0.05) is 0 Å². The SMILES string of the molecule is CCOC(=O)COc1cnccn1. The van der Waals surface area contributed by atoms with Crippen LogP contribution in [-0.4, -0.2) is 29.2 Å². The van der Waals surface area contributed by atoms with Gasteiger partial charge in [-0.15, -0.1) is 0 Å². The maximum atomic E-state index is 10.8. The second-order valence-corrected chi connectivity index (χ2v) is 2.14. The number of hydrogen-bond acceptors (Lipinski definition) is 5. The highest BCUT2D eigenvalue weighted by atomic mass is 16.6. The molecule has 0 aromatic carbocycles. The molecule has 5 nitrogen and oxygen atoms in total. The summed E-state index contributed by atoms with van der Waals surface area (Å²) in [6.07, 6.45) is 4.44. The molecule has 0 bridgehead atoms. The third-order valence-electron chi connectivity index (χ3n) is 1.18. The van der Waals surface area contributed by atoms with Gasteiger partial charge in [0.2, 0.25) is 5.88 Å². The molecule has 0 aliphatic rings. The maximum Gasteiger partial charge on any atom is 0.344 e. The minimum Gasteiger partial charge on any atom is -0.465 e. The van der Waals surface area contributed by atoms with Crippen molar-refractivity contribution in [3.8, 4) is 5.88 Å². The van der Waals surface area contributed by atoms with Gasteiger partial charge in [-0.25, -0.2) is 9.78 Å². The summed E-state index contributed by atoms with van der Waals surface area (Å²) >= 11 is 0. The number of carbonyl (C=O) groups excluding carboxylic acids is 1. The normalized spacial score (nSPS) is 9.31. The van der Waals surface area contributed by atoms with Gasteiger partial charge in [0.1, 0.15) is 0 Å². The van der Waals surface area contributed by atoms with Crippen molar-refractivity contribution in [3.05, 3.63) is 18.6 Å². The highest BCUT2D eigenvalue weighted by Crippen LogP contribution is 1.99. The van der Waals surface area contributed by atoms with Crippen LogP contribution >= 0.6 is 0 Å². The van der Waals surface area contributed by atoms with E-state index in [4.69, 9.17) is 4.74 Å². The first-order chi connectivity index (χ1) is 6.33. The van der Waals surface area contributed by atoms with Gasteiger partial charge in [0.15, 0.2) is 6.61 Å². The van der Waals surface area contributed by atoms with E-state index in [1.165, 1.54) is 18.6 Å². The molecule has 0 amide bonds. The predicted molar refractivity (Wildman–Crippen MR) is 44.2 cm³/mol. The number of esters is 1. The molecule has 1 aromatic rings. The topological polar surface area (TPSA) is 61.3 Å². The Morgan fingerprint density at radius 3 is 3.00 bits per heavy atom. The monoisotopic (exact) mass is 182 g/mol. The second-order valence-electron chi connectivity index (χ2n) is 2.14. The summed E-state index contributed by atoms with van der Waals surface area (Å²) in [5, 5.41) is 0. The largest absolute Gasteiger partial charge is 0.465 e.